The molecule has 1 N–H and O–H groups in total. The maximum Gasteiger partial charge on any atom is 0.0831 e. The van der Waals surface area contributed by atoms with Crippen molar-refractivity contribution in [3.05, 3.63) is 65.7 Å². The first-order valence-electron chi connectivity index (χ1n) is 6.16. The van der Waals surface area contributed by atoms with Crippen LogP contribution in [0.4, 0.5) is 5.69 Å². The van der Waals surface area contributed by atoms with Gasteiger partial charge in [-0.15, -0.1) is 0 Å². The van der Waals surface area contributed by atoms with Crippen molar-refractivity contribution < 1.29 is 5.11 Å². The highest BCUT2D eigenvalue weighted by atomic mass is 16.3. The van der Waals surface area contributed by atoms with E-state index in [0.29, 0.717) is 6.42 Å². The number of rotatable bonds is 4. The van der Waals surface area contributed by atoms with Gasteiger partial charge < -0.3 is 10.0 Å². The molecule has 2 rings (SSSR count). The van der Waals surface area contributed by atoms with Crippen LogP contribution in [0.2, 0.25) is 0 Å². The zero-order valence-electron chi connectivity index (χ0n) is 10.9. The predicted molar refractivity (Wildman–Crippen MR) is 75.9 cm³/mol. The molecular weight excluding hydrogens is 222 g/mol. The third-order valence-corrected chi connectivity index (χ3v) is 3.04. The quantitative estimate of drug-likeness (QED) is 0.889. The van der Waals surface area contributed by atoms with Crippen LogP contribution >= 0.6 is 0 Å². The molecule has 0 aliphatic carbocycles. The van der Waals surface area contributed by atoms with Gasteiger partial charge in [-0.3, -0.25) is 0 Å². The van der Waals surface area contributed by atoms with Crippen molar-refractivity contribution in [1.29, 1.82) is 0 Å². The van der Waals surface area contributed by atoms with E-state index in [1.165, 1.54) is 0 Å². The van der Waals surface area contributed by atoms with Crippen LogP contribution in [0.3, 0.4) is 0 Å². The molecule has 1 atom stereocenters. The van der Waals surface area contributed by atoms with Crippen LogP contribution in [0.15, 0.2) is 54.6 Å². The minimum Gasteiger partial charge on any atom is -0.388 e. The van der Waals surface area contributed by atoms with E-state index >= 15 is 0 Å². The molecule has 94 valence electrons. The number of anilines is 1. The Morgan fingerprint density at radius 1 is 1.00 bits per heavy atom. The molecule has 0 radical (unpaired) electrons. The molecule has 0 spiro atoms. The topological polar surface area (TPSA) is 23.5 Å². The monoisotopic (exact) mass is 241 g/mol. The Labute approximate surface area is 109 Å². The number of hydrogen-bond donors (Lipinski definition) is 1. The molecule has 0 amide bonds. The van der Waals surface area contributed by atoms with Gasteiger partial charge in [0.25, 0.3) is 0 Å². The van der Waals surface area contributed by atoms with Gasteiger partial charge in [-0.2, -0.15) is 0 Å². The van der Waals surface area contributed by atoms with Gasteiger partial charge in [0, 0.05) is 26.2 Å². The van der Waals surface area contributed by atoms with Crippen LogP contribution in [-0.4, -0.2) is 19.2 Å². The lowest BCUT2D eigenvalue weighted by molar-refractivity contribution is 0.178. The van der Waals surface area contributed by atoms with Crippen LogP contribution in [0, 0.1) is 0 Å². The van der Waals surface area contributed by atoms with Crippen LogP contribution in [0.1, 0.15) is 17.2 Å². The highest BCUT2D eigenvalue weighted by Gasteiger charge is 2.09. The summed E-state index contributed by atoms with van der Waals surface area (Å²) in [5, 5.41) is 10.3. The summed E-state index contributed by atoms with van der Waals surface area (Å²) in [6, 6.07) is 18.1. The fourth-order valence-corrected chi connectivity index (χ4v) is 1.97. The van der Waals surface area contributed by atoms with Gasteiger partial charge >= 0.3 is 0 Å². The molecular formula is C16H19NO. The third-order valence-electron chi connectivity index (χ3n) is 3.04. The van der Waals surface area contributed by atoms with E-state index in [0.717, 1.165) is 16.8 Å². The van der Waals surface area contributed by atoms with Gasteiger partial charge in [0.15, 0.2) is 0 Å². The lowest BCUT2D eigenvalue weighted by Crippen LogP contribution is -2.10. The fourth-order valence-electron chi connectivity index (χ4n) is 1.97. The molecule has 0 aromatic heterocycles. The maximum absolute atomic E-state index is 10.3. The van der Waals surface area contributed by atoms with E-state index in [1.807, 2.05) is 73.6 Å². The number of aliphatic hydroxyl groups excluding tert-OH is 1. The third kappa shape index (κ3) is 3.11. The highest BCUT2D eigenvalue weighted by Crippen LogP contribution is 2.22. The minimum absolute atomic E-state index is 0.452. The number of hydrogen-bond acceptors (Lipinski definition) is 2. The summed E-state index contributed by atoms with van der Waals surface area (Å²) in [6.07, 6.45) is 0.199. The van der Waals surface area contributed by atoms with Gasteiger partial charge in [0.05, 0.1) is 6.10 Å². The Balaban J connectivity index is 2.14. The molecule has 2 aromatic carbocycles. The average molecular weight is 241 g/mol. The summed E-state index contributed by atoms with van der Waals surface area (Å²) in [5.41, 5.74) is 3.23. The molecule has 0 heterocycles. The number of benzene rings is 2. The van der Waals surface area contributed by atoms with Crippen molar-refractivity contribution in [2.24, 2.45) is 0 Å². The van der Waals surface area contributed by atoms with Crippen molar-refractivity contribution >= 4 is 5.69 Å². The van der Waals surface area contributed by atoms with Crippen molar-refractivity contribution in [2.75, 3.05) is 19.0 Å². The molecule has 2 heteroatoms. The van der Waals surface area contributed by atoms with Gasteiger partial charge in [0.1, 0.15) is 0 Å². The van der Waals surface area contributed by atoms with Crippen molar-refractivity contribution in [1.82, 2.24) is 0 Å². The van der Waals surface area contributed by atoms with E-state index in [9.17, 15) is 5.11 Å². The minimum atomic E-state index is -0.452. The molecule has 0 aliphatic rings. The predicted octanol–water partition coefficient (Wildman–Crippen LogP) is 3.03. The summed E-state index contributed by atoms with van der Waals surface area (Å²) in [6.45, 7) is 0. The lowest BCUT2D eigenvalue weighted by Gasteiger charge is -2.16. The summed E-state index contributed by atoms with van der Waals surface area (Å²) in [4.78, 5) is 2.04. The lowest BCUT2D eigenvalue weighted by atomic mass is 10.0. The average Bonchev–Trinajstić information content (AvgIpc) is 2.40. The van der Waals surface area contributed by atoms with Gasteiger partial charge in [-0.1, -0.05) is 42.5 Å². The first-order chi connectivity index (χ1) is 8.66. The molecule has 0 fully saturated rings. The Hall–Kier alpha value is -1.80. The molecule has 18 heavy (non-hydrogen) atoms. The summed E-state index contributed by atoms with van der Waals surface area (Å²) in [5.74, 6) is 0. The Morgan fingerprint density at radius 3 is 2.39 bits per heavy atom. The largest absolute Gasteiger partial charge is 0.388 e. The Kier molecular flexibility index (Phi) is 4.00. The van der Waals surface area contributed by atoms with Crippen molar-refractivity contribution in [3.63, 3.8) is 0 Å². The van der Waals surface area contributed by atoms with Gasteiger partial charge in [0.2, 0.25) is 0 Å². The number of nitrogens with zero attached hydrogens (tertiary/aromatic N) is 1. The van der Waals surface area contributed by atoms with E-state index in [-0.39, 0.29) is 0 Å². The number of aliphatic hydroxyl groups is 1. The van der Waals surface area contributed by atoms with Gasteiger partial charge in [-0.25, -0.2) is 0 Å². The highest BCUT2D eigenvalue weighted by molar-refractivity contribution is 5.47. The maximum atomic E-state index is 10.3. The standard InChI is InChI=1S/C16H19NO/c1-17(2)15-10-6-9-14(12-15)16(18)11-13-7-4-3-5-8-13/h3-10,12,16,18H,11H2,1-2H3. The van der Waals surface area contributed by atoms with E-state index in [4.69, 9.17) is 0 Å². The first-order valence-corrected chi connectivity index (χ1v) is 6.16. The van der Waals surface area contributed by atoms with Crippen LogP contribution < -0.4 is 4.90 Å². The molecule has 0 aliphatic heterocycles. The Bertz CT molecular complexity index is 493. The first kappa shape index (κ1) is 12.7. The zero-order chi connectivity index (χ0) is 13.0. The second-order valence-electron chi connectivity index (χ2n) is 4.69. The smallest absolute Gasteiger partial charge is 0.0831 e. The second-order valence-corrected chi connectivity index (χ2v) is 4.69. The second kappa shape index (κ2) is 5.69. The fraction of sp³-hybridized carbons (Fsp3) is 0.250. The Morgan fingerprint density at radius 2 is 1.72 bits per heavy atom. The molecule has 1 unspecified atom stereocenters. The van der Waals surface area contributed by atoms with Crippen LogP contribution in [0.25, 0.3) is 0 Å². The molecule has 0 bridgehead atoms. The summed E-state index contributed by atoms with van der Waals surface area (Å²) < 4.78 is 0. The van der Waals surface area contributed by atoms with Crippen LogP contribution in [0.5, 0.6) is 0 Å². The normalized spacial score (nSPS) is 12.2. The van der Waals surface area contributed by atoms with Crippen molar-refractivity contribution in [3.8, 4) is 0 Å². The molecule has 2 aromatic rings. The van der Waals surface area contributed by atoms with Gasteiger partial charge in [-0.05, 0) is 23.3 Å². The SMILES string of the molecule is CN(C)c1cccc(C(O)Cc2ccccc2)c1. The molecule has 0 saturated carbocycles. The molecule has 0 saturated heterocycles. The van der Waals surface area contributed by atoms with E-state index < -0.39 is 6.10 Å². The zero-order valence-corrected chi connectivity index (χ0v) is 10.9. The molecule has 2 nitrogen and oxygen atoms in total. The van der Waals surface area contributed by atoms with E-state index in [1.54, 1.807) is 0 Å². The summed E-state index contributed by atoms with van der Waals surface area (Å²) >= 11 is 0. The van der Waals surface area contributed by atoms with E-state index in [2.05, 4.69) is 0 Å². The summed E-state index contributed by atoms with van der Waals surface area (Å²) in [7, 11) is 4.01. The van der Waals surface area contributed by atoms with Crippen molar-refractivity contribution in [2.45, 2.75) is 12.5 Å². The van der Waals surface area contributed by atoms with Crippen LogP contribution in [-0.2, 0) is 6.42 Å².